The number of ketones is 1. The van der Waals surface area contributed by atoms with E-state index in [2.05, 4.69) is 0 Å². The lowest BCUT2D eigenvalue weighted by atomic mass is 10.0. The van der Waals surface area contributed by atoms with E-state index in [1.54, 1.807) is 0 Å². The van der Waals surface area contributed by atoms with Crippen LogP contribution >= 0.6 is 11.8 Å². The predicted molar refractivity (Wildman–Crippen MR) is 38.6 cm³/mol. The van der Waals surface area contributed by atoms with E-state index in [4.69, 9.17) is 0 Å². The highest BCUT2D eigenvalue weighted by molar-refractivity contribution is 8.01. The molecule has 0 unspecified atom stereocenters. The van der Waals surface area contributed by atoms with Crippen molar-refractivity contribution in [1.29, 1.82) is 0 Å². The normalized spacial score (nSPS) is 41.6. The molecule has 1 saturated carbocycles. The molecule has 2 aliphatic rings. The Morgan fingerprint density at radius 1 is 1.44 bits per heavy atom. The monoisotopic (exact) mass is 142 g/mol. The van der Waals surface area contributed by atoms with Gasteiger partial charge in [-0.2, -0.15) is 0 Å². The molecule has 1 nitrogen and oxygen atoms in total. The molecular formula is C7H10OS. The van der Waals surface area contributed by atoms with Crippen LogP contribution in [-0.2, 0) is 4.79 Å². The summed E-state index contributed by atoms with van der Waals surface area (Å²) < 4.78 is 0. The van der Waals surface area contributed by atoms with Crippen LogP contribution in [0.5, 0.6) is 0 Å². The van der Waals surface area contributed by atoms with Gasteiger partial charge in [0, 0.05) is 11.2 Å². The SMILES string of the molecule is O=C1CS[C@@H]2CCC[C@H]12. The fraction of sp³-hybridized carbons (Fsp3) is 0.857. The van der Waals surface area contributed by atoms with Crippen molar-refractivity contribution >= 4 is 17.5 Å². The summed E-state index contributed by atoms with van der Waals surface area (Å²) in [5.41, 5.74) is 0. The number of carbonyl (C=O) groups excluding carboxylic acids is 1. The molecule has 9 heavy (non-hydrogen) atoms. The van der Waals surface area contributed by atoms with Gasteiger partial charge >= 0.3 is 0 Å². The summed E-state index contributed by atoms with van der Waals surface area (Å²) in [6.45, 7) is 0. The third kappa shape index (κ3) is 0.803. The van der Waals surface area contributed by atoms with Gasteiger partial charge in [0.05, 0.1) is 5.75 Å². The Hall–Kier alpha value is 0.0200. The fourth-order valence-electron chi connectivity index (χ4n) is 1.79. The van der Waals surface area contributed by atoms with E-state index in [-0.39, 0.29) is 0 Å². The number of hydrogen-bond acceptors (Lipinski definition) is 2. The second-order valence-corrected chi connectivity index (χ2v) is 4.08. The van der Waals surface area contributed by atoms with Crippen LogP contribution in [-0.4, -0.2) is 16.8 Å². The van der Waals surface area contributed by atoms with Gasteiger partial charge in [0.15, 0.2) is 0 Å². The molecule has 1 aliphatic heterocycles. The highest BCUT2D eigenvalue weighted by atomic mass is 32.2. The van der Waals surface area contributed by atoms with Crippen molar-refractivity contribution in [2.45, 2.75) is 24.5 Å². The van der Waals surface area contributed by atoms with Gasteiger partial charge in [-0.1, -0.05) is 6.42 Å². The minimum Gasteiger partial charge on any atom is -0.298 e. The molecule has 0 radical (unpaired) electrons. The highest BCUT2D eigenvalue weighted by Gasteiger charge is 2.38. The minimum atomic E-state index is 0.468. The Labute approximate surface area is 59.2 Å². The third-order valence-electron chi connectivity index (χ3n) is 2.31. The summed E-state index contributed by atoms with van der Waals surface area (Å²) in [5, 5.41) is 0.720. The molecule has 0 spiro atoms. The topological polar surface area (TPSA) is 17.1 Å². The molecule has 2 rings (SSSR count). The van der Waals surface area contributed by atoms with E-state index in [0.717, 1.165) is 11.0 Å². The highest BCUT2D eigenvalue weighted by Crippen LogP contribution is 2.41. The first-order valence-electron chi connectivity index (χ1n) is 3.52. The summed E-state index contributed by atoms with van der Waals surface area (Å²) in [4.78, 5) is 11.0. The Bertz CT molecular complexity index is 144. The van der Waals surface area contributed by atoms with Crippen LogP contribution in [0.25, 0.3) is 0 Å². The Morgan fingerprint density at radius 3 is 3.11 bits per heavy atom. The van der Waals surface area contributed by atoms with E-state index >= 15 is 0 Å². The number of fused-ring (bicyclic) bond motifs is 1. The van der Waals surface area contributed by atoms with E-state index in [0.29, 0.717) is 11.7 Å². The summed E-state index contributed by atoms with van der Waals surface area (Å²) in [7, 11) is 0. The molecular weight excluding hydrogens is 132 g/mol. The molecule has 2 fully saturated rings. The van der Waals surface area contributed by atoms with Gasteiger partial charge in [-0.15, -0.1) is 11.8 Å². The van der Waals surface area contributed by atoms with Gasteiger partial charge in [-0.25, -0.2) is 0 Å². The molecule has 0 amide bonds. The lowest BCUT2D eigenvalue weighted by molar-refractivity contribution is -0.119. The second kappa shape index (κ2) is 2.01. The standard InChI is InChI=1S/C7H10OS/c8-6-4-9-7-3-1-2-5(6)7/h5,7H,1-4H2/t5-,7-/m1/s1. The van der Waals surface area contributed by atoms with Crippen LogP contribution < -0.4 is 0 Å². The summed E-state index contributed by atoms with van der Waals surface area (Å²) in [6, 6.07) is 0. The molecule has 0 N–H and O–H groups in total. The van der Waals surface area contributed by atoms with Crippen LogP contribution in [0.2, 0.25) is 0 Å². The number of carbonyl (C=O) groups is 1. The van der Waals surface area contributed by atoms with E-state index in [1.807, 2.05) is 11.8 Å². The van der Waals surface area contributed by atoms with Gasteiger partial charge in [0.25, 0.3) is 0 Å². The zero-order valence-corrected chi connectivity index (χ0v) is 6.12. The summed E-state index contributed by atoms with van der Waals surface area (Å²) >= 11 is 1.87. The predicted octanol–water partition coefficient (Wildman–Crippen LogP) is 1.47. The first-order valence-corrected chi connectivity index (χ1v) is 4.57. The van der Waals surface area contributed by atoms with Crippen molar-refractivity contribution in [2.75, 3.05) is 5.75 Å². The average molecular weight is 142 g/mol. The molecule has 0 aromatic rings. The smallest absolute Gasteiger partial charge is 0.146 e. The maximum atomic E-state index is 11.0. The zero-order valence-electron chi connectivity index (χ0n) is 5.30. The molecule has 1 heterocycles. The van der Waals surface area contributed by atoms with Crippen molar-refractivity contribution < 1.29 is 4.79 Å². The molecule has 0 aromatic heterocycles. The van der Waals surface area contributed by atoms with E-state index < -0.39 is 0 Å². The third-order valence-corrected chi connectivity index (χ3v) is 3.75. The lowest BCUT2D eigenvalue weighted by Crippen LogP contribution is -2.11. The number of Topliss-reactive ketones (excluding diaryl/α,β-unsaturated/α-hetero) is 1. The largest absolute Gasteiger partial charge is 0.298 e. The van der Waals surface area contributed by atoms with Gasteiger partial charge in [0.1, 0.15) is 5.78 Å². The Morgan fingerprint density at radius 2 is 2.33 bits per heavy atom. The first kappa shape index (κ1) is 5.78. The number of hydrogen-bond donors (Lipinski definition) is 0. The van der Waals surface area contributed by atoms with Crippen molar-refractivity contribution in [1.82, 2.24) is 0 Å². The average Bonchev–Trinajstić information content (AvgIpc) is 2.35. The van der Waals surface area contributed by atoms with Crippen molar-refractivity contribution in [3.05, 3.63) is 0 Å². The van der Waals surface area contributed by atoms with Crippen molar-refractivity contribution in [3.63, 3.8) is 0 Å². The molecule has 2 atom stereocenters. The van der Waals surface area contributed by atoms with Crippen LogP contribution in [0.15, 0.2) is 0 Å². The zero-order chi connectivity index (χ0) is 6.27. The van der Waals surface area contributed by atoms with E-state index in [9.17, 15) is 4.79 Å². The second-order valence-electron chi connectivity index (χ2n) is 2.85. The van der Waals surface area contributed by atoms with Crippen LogP contribution in [0.3, 0.4) is 0 Å². The lowest BCUT2D eigenvalue weighted by Gasteiger charge is -2.02. The van der Waals surface area contributed by atoms with Gasteiger partial charge in [0.2, 0.25) is 0 Å². The number of rotatable bonds is 0. The summed E-state index contributed by atoms with van der Waals surface area (Å²) in [6.07, 6.45) is 3.76. The number of thioether (sulfide) groups is 1. The van der Waals surface area contributed by atoms with Gasteiger partial charge in [-0.3, -0.25) is 4.79 Å². The van der Waals surface area contributed by atoms with Gasteiger partial charge in [-0.05, 0) is 12.8 Å². The molecule has 2 heteroatoms. The fourth-order valence-corrected chi connectivity index (χ4v) is 3.24. The molecule has 0 bridgehead atoms. The first-order chi connectivity index (χ1) is 4.38. The minimum absolute atomic E-state index is 0.468. The molecule has 1 saturated heterocycles. The van der Waals surface area contributed by atoms with Crippen molar-refractivity contribution in [2.24, 2.45) is 5.92 Å². The summed E-state index contributed by atoms with van der Waals surface area (Å²) in [5.74, 6) is 1.78. The Balaban J connectivity index is 2.15. The quantitative estimate of drug-likeness (QED) is 0.509. The molecule has 1 aliphatic carbocycles. The maximum absolute atomic E-state index is 11.0. The van der Waals surface area contributed by atoms with Crippen molar-refractivity contribution in [3.8, 4) is 0 Å². The van der Waals surface area contributed by atoms with Crippen LogP contribution in [0.4, 0.5) is 0 Å². The molecule has 50 valence electrons. The van der Waals surface area contributed by atoms with Gasteiger partial charge < -0.3 is 0 Å². The Kier molecular flexibility index (Phi) is 1.29. The van der Waals surface area contributed by atoms with Crippen LogP contribution in [0.1, 0.15) is 19.3 Å². The maximum Gasteiger partial charge on any atom is 0.146 e. The van der Waals surface area contributed by atoms with Crippen LogP contribution in [0, 0.1) is 5.92 Å². The molecule has 0 aromatic carbocycles. The van der Waals surface area contributed by atoms with E-state index in [1.165, 1.54) is 19.3 Å².